The van der Waals surface area contributed by atoms with Gasteiger partial charge in [-0.1, -0.05) is 51.5 Å². The van der Waals surface area contributed by atoms with E-state index in [2.05, 4.69) is 55.7 Å². The molecule has 2 rings (SSSR count). The minimum absolute atomic E-state index is 0.0840. The Morgan fingerprint density at radius 1 is 1.18 bits per heavy atom. The molecule has 1 saturated heterocycles. The summed E-state index contributed by atoms with van der Waals surface area (Å²) in [5.41, 5.74) is 1.47. The normalized spacial score (nSPS) is 17.0. The summed E-state index contributed by atoms with van der Waals surface area (Å²) in [6.45, 7) is 9.71. The van der Waals surface area contributed by atoms with Crippen molar-refractivity contribution in [1.82, 2.24) is 15.5 Å². The molecule has 6 heteroatoms. The predicted molar refractivity (Wildman–Crippen MR) is 110 cm³/mol. The SMILES string of the molecule is CCCCc1ccc([C@H](NC(=O)CCN2C(=O)NC(C)(C)C2=O)C(C)C)cc1. The summed E-state index contributed by atoms with van der Waals surface area (Å²) in [5.74, 6) is -0.242. The molecule has 0 spiro atoms. The van der Waals surface area contributed by atoms with E-state index in [-0.39, 0.29) is 36.7 Å². The number of hydrogen-bond acceptors (Lipinski definition) is 3. The van der Waals surface area contributed by atoms with Crippen LogP contribution in [-0.2, 0) is 16.0 Å². The first-order chi connectivity index (χ1) is 13.2. The molecule has 1 aliphatic heterocycles. The summed E-state index contributed by atoms with van der Waals surface area (Å²) in [6.07, 6.45) is 3.50. The minimum Gasteiger partial charge on any atom is -0.349 e. The topological polar surface area (TPSA) is 78.5 Å². The van der Waals surface area contributed by atoms with Crippen LogP contribution < -0.4 is 10.6 Å². The van der Waals surface area contributed by atoms with E-state index in [0.717, 1.165) is 16.9 Å². The van der Waals surface area contributed by atoms with E-state index in [1.54, 1.807) is 13.8 Å². The third-order valence-electron chi connectivity index (χ3n) is 5.15. The molecule has 0 radical (unpaired) electrons. The van der Waals surface area contributed by atoms with Gasteiger partial charge in [-0.25, -0.2) is 4.79 Å². The number of amides is 4. The van der Waals surface area contributed by atoms with Crippen molar-refractivity contribution in [2.24, 2.45) is 5.92 Å². The Morgan fingerprint density at radius 3 is 2.32 bits per heavy atom. The summed E-state index contributed by atoms with van der Waals surface area (Å²) in [7, 11) is 0. The molecule has 1 aliphatic rings. The maximum atomic E-state index is 12.5. The maximum Gasteiger partial charge on any atom is 0.325 e. The number of hydrogen-bond donors (Lipinski definition) is 2. The van der Waals surface area contributed by atoms with Gasteiger partial charge in [-0.2, -0.15) is 0 Å². The zero-order chi connectivity index (χ0) is 20.9. The van der Waals surface area contributed by atoms with Gasteiger partial charge in [0.1, 0.15) is 5.54 Å². The van der Waals surface area contributed by atoms with Crippen LogP contribution in [0.5, 0.6) is 0 Å². The molecule has 154 valence electrons. The second-order valence-corrected chi connectivity index (χ2v) is 8.40. The van der Waals surface area contributed by atoms with Crippen LogP contribution in [0.2, 0.25) is 0 Å². The second-order valence-electron chi connectivity index (χ2n) is 8.40. The van der Waals surface area contributed by atoms with E-state index in [1.807, 2.05) is 0 Å². The lowest BCUT2D eigenvalue weighted by molar-refractivity contribution is -0.130. The number of carbonyl (C=O) groups excluding carboxylic acids is 3. The molecule has 1 fully saturated rings. The van der Waals surface area contributed by atoms with Crippen molar-refractivity contribution >= 4 is 17.8 Å². The van der Waals surface area contributed by atoms with Gasteiger partial charge in [0.05, 0.1) is 6.04 Å². The average molecular weight is 388 g/mol. The molecule has 1 aromatic carbocycles. The quantitative estimate of drug-likeness (QED) is 0.636. The van der Waals surface area contributed by atoms with Crippen molar-refractivity contribution in [3.05, 3.63) is 35.4 Å². The van der Waals surface area contributed by atoms with Crippen LogP contribution in [0.15, 0.2) is 24.3 Å². The fraction of sp³-hybridized carbons (Fsp3) is 0.591. The average Bonchev–Trinajstić information content (AvgIpc) is 2.83. The van der Waals surface area contributed by atoms with E-state index in [0.29, 0.717) is 0 Å². The Labute approximate surface area is 168 Å². The predicted octanol–water partition coefficient (Wildman–Crippen LogP) is 3.56. The monoisotopic (exact) mass is 387 g/mol. The van der Waals surface area contributed by atoms with Crippen LogP contribution in [0.3, 0.4) is 0 Å². The third-order valence-corrected chi connectivity index (χ3v) is 5.15. The van der Waals surface area contributed by atoms with E-state index in [4.69, 9.17) is 0 Å². The van der Waals surface area contributed by atoms with Crippen molar-refractivity contribution in [3.8, 4) is 0 Å². The number of benzene rings is 1. The highest BCUT2D eigenvalue weighted by Gasteiger charge is 2.44. The first kappa shape index (κ1) is 21.9. The lowest BCUT2D eigenvalue weighted by atomic mass is 9.94. The Hall–Kier alpha value is -2.37. The lowest BCUT2D eigenvalue weighted by Crippen LogP contribution is -2.41. The summed E-state index contributed by atoms with van der Waals surface area (Å²) in [5, 5.41) is 5.69. The van der Waals surface area contributed by atoms with Gasteiger partial charge in [-0.05, 0) is 43.7 Å². The minimum atomic E-state index is -0.909. The number of imide groups is 1. The number of nitrogens with zero attached hydrogens (tertiary/aromatic N) is 1. The molecular weight excluding hydrogens is 354 g/mol. The molecule has 2 N–H and O–H groups in total. The van der Waals surface area contributed by atoms with E-state index in [1.165, 1.54) is 18.4 Å². The fourth-order valence-electron chi connectivity index (χ4n) is 3.39. The molecule has 6 nitrogen and oxygen atoms in total. The fourth-order valence-corrected chi connectivity index (χ4v) is 3.39. The van der Waals surface area contributed by atoms with Gasteiger partial charge in [-0.3, -0.25) is 14.5 Å². The molecule has 1 aromatic rings. The Morgan fingerprint density at radius 2 is 1.82 bits per heavy atom. The highest BCUT2D eigenvalue weighted by Crippen LogP contribution is 2.23. The van der Waals surface area contributed by atoms with Crippen LogP contribution >= 0.6 is 0 Å². The summed E-state index contributed by atoms with van der Waals surface area (Å²) >= 11 is 0. The van der Waals surface area contributed by atoms with Gasteiger partial charge in [0.2, 0.25) is 5.91 Å². The molecule has 0 unspecified atom stereocenters. The summed E-state index contributed by atoms with van der Waals surface area (Å²) in [4.78, 5) is 37.8. The number of rotatable bonds is 9. The molecule has 0 bridgehead atoms. The van der Waals surface area contributed by atoms with Crippen molar-refractivity contribution in [2.75, 3.05) is 6.54 Å². The lowest BCUT2D eigenvalue weighted by Gasteiger charge is -2.24. The zero-order valence-corrected chi connectivity index (χ0v) is 17.7. The highest BCUT2D eigenvalue weighted by atomic mass is 16.2. The van der Waals surface area contributed by atoms with Crippen molar-refractivity contribution in [2.45, 2.75) is 71.9 Å². The molecule has 1 atom stereocenters. The standard InChI is InChI=1S/C22H33N3O3/c1-6-7-8-16-9-11-17(12-10-16)19(15(2)3)23-18(26)13-14-25-20(27)22(4,5)24-21(25)28/h9-12,15,19H,6-8,13-14H2,1-5H3,(H,23,26)(H,24,28)/t19-/m1/s1. The zero-order valence-electron chi connectivity index (χ0n) is 17.7. The van der Waals surface area contributed by atoms with E-state index < -0.39 is 11.6 Å². The Kier molecular flexibility index (Phi) is 7.22. The number of aryl methyl sites for hydroxylation is 1. The smallest absolute Gasteiger partial charge is 0.325 e. The van der Waals surface area contributed by atoms with Crippen LogP contribution in [0.4, 0.5) is 4.79 Å². The van der Waals surface area contributed by atoms with Gasteiger partial charge in [-0.15, -0.1) is 0 Å². The van der Waals surface area contributed by atoms with E-state index in [9.17, 15) is 14.4 Å². The number of nitrogens with one attached hydrogen (secondary N) is 2. The molecule has 1 heterocycles. The number of urea groups is 1. The van der Waals surface area contributed by atoms with Crippen molar-refractivity contribution < 1.29 is 14.4 Å². The van der Waals surface area contributed by atoms with Crippen molar-refractivity contribution in [3.63, 3.8) is 0 Å². The number of carbonyl (C=O) groups is 3. The van der Waals surface area contributed by atoms with Gasteiger partial charge in [0.25, 0.3) is 5.91 Å². The molecule has 0 aliphatic carbocycles. The van der Waals surface area contributed by atoms with Crippen LogP contribution in [0.1, 0.15) is 71.0 Å². The second kappa shape index (κ2) is 9.22. The van der Waals surface area contributed by atoms with Gasteiger partial charge in [0, 0.05) is 13.0 Å². The third kappa shape index (κ3) is 5.33. The van der Waals surface area contributed by atoms with Crippen LogP contribution in [0.25, 0.3) is 0 Å². The molecular formula is C22H33N3O3. The van der Waals surface area contributed by atoms with Gasteiger partial charge >= 0.3 is 6.03 Å². The molecule has 28 heavy (non-hydrogen) atoms. The molecule has 4 amide bonds. The van der Waals surface area contributed by atoms with Gasteiger partial charge < -0.3 is 10.6 Å². The Balaban J connectivity index is 1.96. The highest BCUT2D eigenvalue weighted by molar-refractivity contribution is 6.06. The molecule has 0 saturated carbocycles. The van der Waals surface area contributed by atoms with E-state index >= 15 is 0 Å². The first-order valence-corrected chi connectivity index (χ1v) is 10.2. The Bertz CT molecular complexity index is 710. The number of unbranched alkanes of at least 4 members (excludes halogenated alkanes) is 1. The van der Waals surface area contributed by atoms with Gasteiger partial charge in [0.15, 0.2) is 0 Å². The first-order valence-electron chi connectivity index (χ1n) is 10.2. The summed E-state index contributed by atoms with van der Waals surface area (Å²) in [6, 6.07) is 7.87. The molecule has 0 aromatic heterocycles. The van der Waals surface area contributed by atoms with Crippen molar-refractivity contribution in [1.29, 1.82) is 0 Å². The summed E-state index contributed by atoms with van der Waals surface area (Å²) < 4.78 is 0. The van der Waals surface area contributed by atoms with Crippen LogP contribution in [-0.4, -0.2) is 34.8 Å². The largest absolute Gasteiger partial charge is 0.349 e. The van der Waals surface area contributed by atoms with Crippen LogP contribution in [0, 0.1) is 5.92 Å². The maximum absolute atomic E-state index is 12.5.